The van der Waals surface area contributed by atoms with Crippen molar-refractivity contribution in [1.82, 2.24) is 9.21 Å². The second-order valence-corrected chi connectivity index (χ2v) is 11.1. The van der Waals surface area contributed by atoms with Gasteiger partial charge in [0.25, 0.3) is 0 Å². The van der Waals surface area contributed by atoms with Crippen LogP contribution >= 0.6 is 0 Å². The predicted octanol–water partition coefficient (Wildman–Crippen LogP) is 2.74. The first-order valence-corrected chi connectivity index (χ1v) is 13.2. The Morgan fingerprint density at radius 2 is 1.90 bits per heavy atom. The number of sulfonamides is 1. The van der Waals surface area contributed by atoms with Crippen LogP contribution in [0.2, 0.25) is 0 Å². The third-order valence-electron chi connectivity index (χ3n) is 6.47. The van der Waals surface area contributed by atoms with Gasteiger partial charge in [0.2, 0.25) is 10.0 Å². The standard InChI is InChI=1S/C21H37N3O5S/c1-16(2)29-21(25)23-11-7-17(8-12-23)5-4-14-28-20-19-9-13-24(30(3,26)27)15-18(19)6-10-22-20/h16-19H,4-15H2,1-3H3. The Balaban J connectivity index is 1.35. The van der Waals surface area contributed by atoms with Gasteiger partial charge in [0.1, 0.15) is 0 Å². The molecule has 0 aliphatic carbocycles. The zero-order valence-corrected chi connectivity index (χ0v) is 19.4. The summed E-state index contributed by atoms with van der Waals surface area (Å²) in [5.41, 5.74) is 0. The van der Waals surface area contributed by atoms with Crippen molar-refractivity contribution in [3.05, 3.63) is 0 Å². The summed E-state index contributed by atoms with van der Waals surface area (Å²) in [4.78, 5) is 18.4. The average molecular weight is 444 g/mol. The van der Waals surface area contributed by atoms with Gasteiger partial charge in [-0.2, -0.15) is 0 Å². The van der Waals surface area contributed by atoms with Crippen molar-refractivity contribution < 1.29 is 22.7 Å². The molecule has 0 bridgehead atoms. The number of rotatable bonds is 6. The van der Waals surface area contributed by atoms with Crippen molar-refractivity contribution >= 4 is 22.0 Å². The number of amides is 1. The Hall–Kier alpha value is -1.35. The van der Waals surface area contributed by atoms with E-state index in [1.807, 2.05) is 18.7 Å². The second kappa shape index (κ2) is 10.3. The Morgan fingerprint density at radius 1 is 1.17 bits per heavy atom. The van der Waals surface area contributed by atoms with E-state index in [1.54, 1.807) is 4.31 Å². The van der Waals surface area contributed by atoms with Crippen LogP contribution in [0.25, 0.3) is 0 Å². The molecule has 2 unspecified atom stereocenters. The van der Waals surface area contributed by atoms with Gasteiger partial charge in [0, 0.05) is 38.6 Å². The first kappa shape index (κ1) is 23.3. The van der Waals surface area contributed by atoms with Crippen LogP contribution in [0.1, 0.15) is 52.4 Å². The molecule has 3 rings (SSSR count). The van der Waals surface area contributed by atoms with Crippen molar-refractivity contribution in [2.24, 2.45) is 22.7 Å². The molecular weight excluding hydrogens is 406 g/mol. The molecule has 2 atom stereocenters. The highest BCUT2D eigenvalue weighted by Gasteiger charge is 2.38. The fourth-order valence-corrected chi connectivity index (χ4v) is 5.66. The smallest absolute Gasteiger partial charge is 0.410 e. The first-order valence-electron chi connectivity index (χ1n) is 11.3. The van der Waals surface area contributed by atoms with Crippen LogP contribution in [0.5, 0.6) is 0 Å². The molecule has 3 heterocycles. The summed E-state index contributed by atoms with van der Waals surface area (Å²) < 4.78 is 36.6. The van der Waals surface area contributed by atoms with Gasteiger partial charge in [-0.25, -0.2) is 17.5 Å². The fourth-order valence-electron chi connectivity index (χ4n) is 4.76. The molecule has 0 radical (unpaired) electrons. The largest absolute Gasteiger partial charge is 0.481 e. The molecule has 2 fully saturated rings. The number of carbonyl (C=O) groups is 1. The summed E-state index contributed by atoms with van der Waals surface area (Å²) in [5.74, 6) is 2.03. The number of nitrogens with zero attached hydrogens (tertiary/aromatic N) is 3. The van der Waals surface area contributed by atoms with Gasteiger partial charge in [-0.05, 0) is 64.2 Å². The van der Waals surface area contributed by atoms with Crippen molar-refractivity contribution in [3.8, 4) is 0 Å². The van der Waals surface area contributed by atoms with E-state index in [9.17, 15) is 13.2 Å². The van der Waals surface area contributed by atoms with Crippen LogP contribution in [0.3, 0.4) is 0 Å². The molecule has 0 aromatic carbocycles. The Labute approximate surface area is 181 Å². The van der Waals surface area contributed by atoms with Gasteiger partial charge in [-0.1, -0.05) is 0 Å². The van der Waals surface area contributed by atoms with Crippen molar-refractivity contribution in [3.63, 3.8) is 0 Å². The van der Waals surface area contributed by atoms with Gasteiger partial charge in [-0.15, -0.1) is 0 Å². The topological polar surface area (TPSA) is 88.5 Å². The lowest BCUT2D eigenvalue weighted by molar-refractivity contribution is 0.0642. The minimum atomic E-state index is -3.12. The van der Waals surface area contributed by atoms with E-state index < -0.39 is 10.0 Å². The number of aliphatic imine (C=N–C) groups is 1. The zero-order valence-electron chi connectivity index (χ0n) is 18.6. The molecule has 0 saturated carbocycles. The monoisotopic (exact) mass is 443 g/mol. The molecule has 172 valence electrons. The molecule has 2 saturated heterocycles. The Bertz CT molecular complexity index is 716. The highest BCUT2D eigenvalue weighted by molar-refractivity contribution is 7.88. The van der Waals surface area contributed by atoms with E-state index in [2.05, 4.69) is 4.99 Å². The van der Waals surface area contributed by atoms with Gasteiger partial charge in [-0.3, -0.25) is 4.99 Å². The average Bonchev–Trinajstić information content (AvgIpc) is 2.70. The number of hydrogen-bond donors (Lipinski definition) is 0. The molecule has 9 heteroatoms. The summed E-state index contributed by atoms with van der Waals surface area (Å²) in [6.45, 7) is 7.81. The minimum Gasteiger partial charge on any atom is -0.481 e. The summed E-state index contributed by atoms with van der Waals surface area (Å²) >= 11 is 0. The maximum absolute atomic E-state index is 12.0. The summed E-state index contributed by atoms with van der Waals surface area (Å²) in [5, 5.41) is 0. The highest BCUT2D eigenvalue weighted by Crippen LogP contribution is 2.32. The van der Waals surface area contributed by atoms with Crippen LogP contribution in [0.15, 0.2) is 4.99 Å². The summed E-state index contributed by atoms with van der Waals surface area (Å²) in [7, 11) is -3.12. The quantitative estimate of drug-likeness (QED) is 0.589. The van der Waals surface area contributed by atoms with Crippen LogP contribution in [-0.4, -0.2) is 81.3 Å². The third kappa shape index (κ3) is 6.33. The lowest BCUT2D eigenvalue weighted by Gasteiger charge is -2.39. The van der Waals surface area contributed by atoms with E-state index in [4.69, 9.17) is 9.47 Å². The number of ether oxygens (including phenoxy) is 2. The molecule has 0 aromatic heterocycles. The fraction of sp³-hybridized carbons (Fsp3) is 0.905. The Kier molecular flexibility index (Phi) is 8.01. The maximum Gasteiger partial charge on any atom is 0.410 e. The minimum absolute atomic E-state index is 0.0757. The van der Waals surface area contributed by atoms with Crippen molar-refractivity contribution in [2.75, 3.05) is 45.6 Å². The summed E-state index contributed by atoms with van der Waals surface area (Å²) in [6.07, 6.45) is 6.85. The van der Waals surface area contributed by atoms with Crippen LogP contribution in [0, 0.1) is 17.8 Å². The van der Waals surface area contributed by atoms with Gasteiger partial charge < -0.3 is 14.4 Å². The van der Waals surface area contributed by atoms with E-state index in [-0.39, 0.29) is 18.1 Å². The molecule has 3 aliphatic rings. The lowest BCUT2D eigenvalue weighted by atomic mass is 9.82. The number of fused-ring (bicyclic) bond motifs is 1. The maximum atomic E-state index is 12.0. The molecule has 1 amide bonds. The van der Waals surface area contributed by atoms with Gasteiger partial charge in [0.15, 0.2) is 5.90 Å². The van der Waals surface area contributed by atoms with E-state index in [0.29, 0.717) is 31.5 Å². The lowest BCUT2D eigenvalue weighted by Crippen LogP contribution is -2.47. The number of piperidine rings is 2. The third-order valence-corrected chi connectivity index (χ3v) is 7.74. The molecule has 0 spiro atoms. The normalized spacial score (nSPS) is 26.3. The van der Waals surface area contributed by atoms with E-state index in [1.165, 1.54) is 6.26 Å². The first-order chi connectivity index (χ1) is 14.2. The molecule has 8 nitrogen and oxygen atoms in total. The predicted molar refractivity (Wildman–Crippen MR) is 116 cm³/mol. The molecule has 3 aliphatic heterocycles. The number of hydrogen-bond acceptors (Lipinski definition) is 6. The zero-order chi connectivity index (χ0) is 21.7. The van der Waals surface area contributed by atoms with Crippen LogP contribution in [0.4, 0.5) is 4.79 Å². The van der Waals surface area contributed by atoms with Crippen molar-refractivity contribution in [2.45, 2.75) is 58.5 Å². The van der Waals surface area contributed by atoms with E-state index in [0.717, 1.165) is 64.1 Å². The highest BCUT2D eigenvalue weighted by atomic mass is 32.2. The van der Waals surface area contributed by atoms with Crippen LogP contribution in [-0.2, 0) is 19.5 Å². The molecule has 30 heavy (non-hydrogen) atoms. The van der Waals surface area contributed by atoms with Gasteiger partial charge >= 0.3 is 6.09 Å². The molecule has 0 N–H and O–H groups in total. The van der Waals surface area contributed by atoms with E-state index >= 15 is 0 Å². The SMILES string of the molecule is CC(C)OC(=O)N1CCC(CCCOC2=NCCC3CN(S(C)(=O)=O)CCC23)CC1. The molecular formula is C21H37N3O5S. The summed E-state index contributed by atoms with van der Waals surface area (Å²) in [6, 6.07) is 0. The Morgan fingerprint density at radius 3 is 2.57 bits per heavy atom. The molecule has 0 aromatic rings. The number of likely N-dealkylation sites (tertiary alicyclic amines) is 1. The van der Waals surface area contributed by atoms with Crippen molar-refractivity contribution in [1.29, 1.82) is 0 Å². The number of carbonyl (C=O) groups excluding carboxylic acids is 1. The van der Waals surface area contributed by atoms with Gasteiger partial charge in [0.05, 0.1) is 19.0 Å². The second-order valence-electron chi connectivity index (χ2n) is 9.14. The van der Waals surface area contributed by atoms with Crippen LogP contribution < -0.4 is 0 Å².